The van der Waals surface area contributed by atoms with Crippen LogP contribution in [0.1, 0.15) is 0 Å². The SMILES string of the molecule is O=C(COc1ccccc1Cl)N1C[C@@H]2COC[C@]2(C(=O)O)C1. The van der Waals surface area contributed by atoms with E-state index in [1.165, 1.54) is 4.90 Å². The van der Waals surface area contributed by atoms with Crippen molar-refractivity contribution in [2.75, 3.05) is 32.9 Å². The molecule has 0 unspecified atom stereocenters. The summed E-state index contributed by atoms with van der Waals surface area (Å²) in [6.45, 7) is 0.922. The van der Waals surface area contributed by atoms with Gasteiger partial charge >= 0.3 is 5.97 Å². The molecule has 2 heterocycles. The number of hydrogen-bond donors (Lipinski definition) is 1. The first-order valence-corrected chi connectivity index (χ1v) is 7.37. The number of para-hydroxylation sites is 1. The molecule has 0 radical (unpaired) electrons. The number of rotatable bonds is 4. The van der Waals surface area contributed by atoms with Crippen LogP contribution in [0.25, 0.3) is 0 Å². The van der Waals surface area contributed by atoms with Gasteiger partial charge in [0.15, 0.2) is 6.61 Å². The summed E-state index contributed by atoms with van der Waals surface area (Å²) < 4.78 is 10.7. The summed E-state index contributed by atoms with van der Waals surface area (Å²) in [6.07, 6.45) is 0. The van der Waals surface area contributed by atoms with E-state index in [1.807, 2.05) is 0 Å². The van der Waals surface area contributed by atoms with Crippen LogP contribution in [0.4, 0.5) is 0 Å². The summed E-state index contributed by atoms with van der Waals surface area (Å²) in [6, 6.07) is 6.90. The molecule has 2 aliphatic heterocycles. The first-order chi connectivity index (χ1) is 10.5. The average molecular weight is 326 g/mol. The second kappa shape index (κ2) is 5.78. The number of carbonyl (C=O) groups excluding carboxylic acids is 1. The summed E-state index contributed by atoms with van der Waals surface area (Å²) in [5.41, 5.74) is -0.972. The topological polar surface area (TPSA) is 76.1 Å². The Bertz CT molecular complexity index is 607. The highest BCUT2D eigenvalue weighted by Gasteiger charge is 2.57. The fourth-order valence-corrected chi connectivity index (χ4v) is 3.21. The van der Waals surface area contributed by atoms with Crippen LogP contribution in [0.2, 0.25) is 5.02 Å². The Balaban J connectivity index is 1.63. The molecule has 118 valence electrons. The minimum absolute atomic E-state index is 0.155. The molecule has 0 aromatic heterocycles. The molecule has 22 heavy (non-hydrogen) atoms. The van der Waals surface area contributed by atoms with Gasteiger partial charge in [-0.2, -0.15) is 0 Å². The average Bonchev–Trinajstić information content (AvgIpc) is 3.04. The number of ether oxygens (including phenoxy) is 2. The summed E-state index contributed by atoms with van der Waals surface area (Å²) in [5, 5.41) is 9.89. The van der Waals surface area contributed by atoms with Gasteiger partial charge in [0.1, 0.15) is 11.2 Å². The van der Waals surface area contributed by atoms with E-state index in [4.69, 9.17) is 21.1 Å². The number of fused-ring (bicyclic) bond motifs is 1. The minimum atomic E-state index is -0.972. The van der Waals surface area contributed by atoms with Crippen molar-refractivity contribution in [3.05, 3.63) is 29.3 Å². The largest absolute Gasteiger partial charge is 0.482 e. The summed E-state index contributed by atoms with van der Waals surface area (Å²) in [4.78, 5) is 25.3. The van der Waals surface area contributed by atoms with E-state index in [-0.39, 0.29) is 31.6 Å². The Morgan fingerprint density at radius 1 is 1.45 bits per heavy atom. The molecule has 0 aliphatic carbocycles. The monoisotopic (exact) mass is 325 g/mol. The van der Waals surface area contributed by atoms with Crippen molar-refractivity contribution in [3.63, 3.8) is 0 Å². The minimum Gasteiger partial charge on any atom is -0.482 e. The molecule has 1 amide bonds. The van der Waals surface area contributed by atoms with E-state index >= 15 is 0 Å². The van der Waals surface area contributed by atoms with E-state index in [9.17, 15) is 14.7 Å². The molecule has 0 saturated carbocycles. The van der Waals surface area contributed by atoms with Gasteiger partial charge < -0.3 is 19.5 Å². The highest BCUT2D eigenvalue weighted by atomic mass is 35.5. The number of carboxylic acid groups (broad SMARTS) is 1. The molecule has 2 fully saturated rings. The molecule has 7 heteroatoms. The first kappa shape index (κ1) is 15.1. The zero-order valence-corrected chi connectivity index (χ0v) is 12.6. The molecule has 1 aromatic carbocycles. The standard InChI is InChI=1S/C15H16ClNO5/c16-11-3-1-2-4-12(11)22-7-13(18)17-5-10-6-21-9-15(10,8-17)14(19)20/h1-4,10H,5-9H2,(H,19,20)/t10-,15-/m1/s1. The van der Waals surface area contributed by atoms with E-state index in [1.54, 1.807) is 24.3 Å². The highest BCUT2D eigenvalue weighted by molar-refractivity contribution is 6.32. The van der Waals surface area contributed by atoms with Crippen molar-refractivity contribution in [2.45, 2.75) is 0 Å². The van der Waals surface area contributed by atoms with Crippen LogP contribution in [0.15, 0.2) is 24.3 Å². The van der Waals surface area contributed by atoms with Gasteiger partial charge in [-0.15, -0.1) is 0 Å². The lowest BCUT2D eigenvalue weighted by Crippen LogP contribution is -2.41. The fourth-order valence-electron chi connectivity index (χ4n) is 3.02. The number of aliphatic carboxylic acids is 1. The maximum absolute atomic E-state index is 12.2. The molecule has 2 aliphatic rings. The lowest BCUT2D eigenvalue weighted by atomic mass is 9.81. The van der Waals surface area contributed by atoms with Crippen molar-refractivity contribution in [2.24, 2.45) is 11.3 Å². The van der Waals surface area contributed by atoms with Crippen LogP contribution in [0.3, 0.4) is 0 Å². The number of halogens is 1. The summed E-state index contributed by atoms with van der Waals surface area (Å²) in [7, 11) is 0. The predicted octanol–water partition coefficient (Wildman–Crippen LogP) is 1.28. The maximum Gasteiger partial charge on any atom is 0.314 e. The van der Waals surface area contributed by atoms with Crippen LogP contribution in [-0.2, 0) is 14.3 Å². The van der Waals surface area contributed by atoms with Crippen molar-refractivity contribution in [3.8, 4) is 5.75 Å². The van der Waals surface area contributed by atoms with Crippen molar-refractivity contribution in [1.29, 1.82) is 0 Å². The van der Waals surface area contributed by atoms with Gasteiger partial charge in [-0.05, 0) is 12.1 Å². The number of likely N-dealkylation sites (tertiary alicyclic amines) is 1. The van der Waals surface area contributed by atoms with Gasteiger partial charge in [-0.3, -0.25) is 9.59 Å². The van der Waals surface area contributed by atoms with Gasteiger partial charge in [0, 0.05) is 19.0 Å². The van der Waals surface area contributed by atoms with Crippen LogP contribution in [-0.4, -0.2) is 54.8 Å². The fraction of sp³-hybridized carbons (Fsp3) is 0.467. The molecule has 2 saturated heterocycles. The Kier molecular flexibility index (Phi) is 3.97. The van der Waals surface area contributed by atoms with E-state index in [0.717, 1.165) is 0 Å². The zero-order valence-electron chi connectivity index (χ0n) is 11.8. The number of nitrogens with zero attached hydrogens (tertiary/aromatic N) is 1. The zero-order chi connectivity index (χ0) is 15.7. The quantitative estimate of drug-likeness (QED) is 0.902. The van der Waals surface area contributed by atoms with Gasteiger partial charge in [0.05, 0.1) is 18.2 Å². The molecule has 1 N–H and O–H groups in total. The summed E-state index contributed by atoms with van der Waals surface area (Å²) in [5.74, 6) is -0.866. The highest BCUT2D eigenvalue weighted by Crippen LogP contribution is 2.41. The molecule has 2 atom stereocenters. The van der Waals surface area contributed by atoms with Gasteiger partial charge in [-0.25, -0.2) is 0 Å². The Morgan fingerprint density at radius 2 is 2.23 bits per heavy atom. The number of carboxylic acids is 1. The van der Waals surface area contributed by atoms with Gasteiger partial charge in [-0.1, -0.05) is 23.7 Å². The third-order valence-electron chi connectivity index (χ3n) is 4.34. The first-order valence-electron chi connectivity index (χ1n) is 6.99. The Labute approximate surface area is 132 Å². The Hall–Kier alpha value is -1.79. The van der Waals surface area contributed by atoms with Gasteiger partial charge in [0.25, 0.3) is 5.91 Å². The number of hydrogen-bond acceptors (Lipinski definition) is 4. The van der Waals surface area contributed by atoms with Crippen LogP contribution >= 0.6 is 11.6 Å². The smallest absolute Gasteiger partial charge is 0.314 e. The molecule has 0 bridgehead atoms. The number of benzene rings is 1. The predicted molar refractivity (Wildman–Crippen MR) is 77.9 cm³/mol. The molecule has 0 spiro atoms. The van der Waals surface area contributed by atoms with Crippen molar-refractivity contribution >= 4 is 23.5 Å². The normalized spacial score (nSPS) is 26.8. The second-order valence-electron chi connectivity index (χ2n) is 5.67. The van der Waals surface area contributed by atoms with E-state index in [0.29, 0.717) is 23.9 Å². The lowest BCUT2D eigenvalue weighted by molar-refractivity contribution is -0.149. The third kappa shape index (κ3) is 2.53. The van der Waals surface area contributed by atoms with Crippen molar-refractivity contribution in [1.82, 2.24) is 4.90 Å². The molecular formula is C15H16ClNO5. The molecule has 6 nitrogen and oxygen atoms in total. The van der Waals surface area contributed by atoms with Crippen LogP contribution in [0, 0.1) is 11.3 Å². The third-order valence-corrected chi connectivity index (χ3v) is 4.65. The summed E-state index contributed by atoms with van der Waals surface area (Å²) >= 11 is 5.96. The molecular weight excluding hydrogens is 310 g/mol. The maximum atomic E-state index is 12.2. The second-order valence-corrected chi connectivity index (χ2v) is 6.07. The molecule has 3 rings (SSSR count). The van der Waals surface area contributed by atoms with Crippen LogP contribution in [0.5, 0.6) is 5.75 Å². The lowest BCUT2D eigenvalue weighted by Gasteiger charge is -2.22. The number of carbonyl (C=O) groups is 2. The van der Waals surface area contributed by atoms with Crippen LogP contribution < -0.4 is 4.74 Å². The van der Waals surface area contributed by atoms with E-state index < -0.39 is 11.4 Å². The van der Waals surface area contributed by atoms with Crippen molar-refractivity contribution < 1.29 is 24.2 Å². The molecule has 1 aromatic rings. The van der Waals surface area contributed by atoms with Gasteiger partial charge in [0.2, 0.25) is 0 Å². The number of amides is 1. The van der Waals surface area contributed by atoms with E-state index in [2.05, 4.69) is 0 Å². The Morgan fingerprint density at radius 3 is 2.91 bits per heavy atom.